The molecule has 4 aromatic rings. The largest absolute Gasteiger partial charge is 0.340 e. The highest BCUT2D eigenvalue weighted by Crippen LogP contribution is 2.28. The summed E-state index contributed by atoms with van der Waals surface area (Å²) < 4.78 is 0. The molecule has 1 N–H and O–H groups in total. The predicted molar refractivity (Wildman–Crippen MR) is 116 cm³/mol. The van der Waals surface area contributed by atoms with Gasteiger partial charge < -0.3 is 9.88 Å². The summed E-state index contributed by atoms with van der Waals surface area (Å²) in [5.74, 6) is 0.819. The molecule has 1 fully saturated rings. The van der Waals surface area contributed by atoms with Crippen LogP contribution in [-0.2, 0) is 6.54 Å². The summed E-state index contributed by atoms with van der Waals surface area (Å²) in [4.78, 5) is 30.0. The molecular weight excluding hydrogens is 374 g/mol. The van der Waals surface area contributed by atoms with Gasteiger partial charge in [-0.15, -0.1) is 0 Å². The Morgan fingerprint density at radius 3 is 2.63 bits per heavy atom. The summed E-state index contributed by atoms with van der Waals surface area (Å²) in [6.45, 7) is 3.03. The number of piperazine rings is 1. The van der Waals surface area contributed by atoms with Crippen LogP contribution in [0.25, 0.3) is 11.0 Å². The number of benzene rings is 2. The number of fused-ring (bicyclic) bond motifs is 1. The summed E-state index contributed by atoms with van der Waals surface area (Å²) in [5, 5.41) is 0. The zero-order valence-electron chi connectivity index (χ0n) is 16.6. The van der Waals surface area contributed by atoms with Crippen molar-refractivity contribution < 1.29 is 4.79 Å². The number of H-pyrrole nitrogens is 1. The van der Waals surface area contributed by atoms with Crippen LogP contribution in [0.4, 0.5) is 0 Å². The lowest BCUT2D eigenvalue weighted by atomic mass is 10.1. The normalized spacial score (nSPS) is 17.3. The molecule has 2 aromatic heterocycles. The van der Waals surface area contributed by atoms with E-state index < -0.39 is 0 Å². The molecule has 1 saturated heterocycles. The van der Waals surface area contributed by atoms with Crippen LogP contribution in [0.5, 0.6) is 0 Å². The zero-order chi connectivity index (χ0) is 20.3. The molecule has 1 amide bonds. The molecule has 5 rings (SSSR count). The van der Waals surface area contributed by atoms with Crippen molar-refractivity contribution in [3.05, 3.63) is 96.1 Å². The van der Waals surface area contributed by atoms with E-state index in [-0.39, 0.29) is 11.9 Å². The summed E-state index contributed by atoms with van der Waals surface area (Å²) in [6.07, 6.45) is 3.32. The standard InChI is InChI=1S/C24H23N5O/c30-24(19-9-6-12-25-15-19)29-14-13-28(16-18-7-2-1-3-8-18)17-22(29)23-26-20-10-4-5-11-21(20)27-23/h1-12,15,22H,13-14,16-17H2,(H,26,27). The second-order valence-electron chi connectivity index (χ2n) is 7.62. The van der Waals surface area contributed by atoms with Crippen molar-refractivity contribution in [1.82, 2.24) is 24.8 Å². The van der Waals surface area contributed by atoms with Gasteiger partial charge in [0.1, 0.15) is 11.9 Å². The van der Waals surface area contributed by atoms with Gasteiger partial charge in [-0.05, 0) is 29.8 Å². The zero-order valence-corrected chi connectivity index (χ0v) is 16.6. The van der Waals surface area contributed by atoms with E-state index in [2.05, 4.69) is 39.1 Å². The Labute approximate surface area is 175 Å². The third-order valence-corrected chi connectivity index (χ3v) is 5.61. The monoisotopic (exact) mass is 397 g/mol. The van der Waals surface area contributed by atoms with Gasteiger partial charge in [-0.25, -0.2) is 4.98 Å². The molecule has 1 atom stereocenters. The maximum atomic E-state index is 13.3. The van der Waals surface area contributed by atoms with Gasteiger partial charge in [0.25, 0.3) is 5.91 Å². The molecule has 150 valence electrons. The van der Waals surface area contributed by atoms with E-state index >= 15 is 0 Å². The highest BCUT2D eigenvalue weighted by molar-refractivity contribution is 5.94. The Bertz CT molecular complexity index is 1110. The lowest BCUT2D eigenvalue weighted by molar-refractivity contribution is 0.0417. The molecular formula is C24H23N5O. The molecule has 2 aromatic carbocycles. The van der Waals surface area contributed by atoms with Crippen LogP contribution < -0.4 is 0 Å². The maximum absolute atomic E-state index is 13.3. The number of carbonyl (C=O) groups is 1. The minimum Gasteiger partial charge on any atom is -0.340 e. The van der Waals surface area contributed by atoms with Gasteiger partial charge in [0, 0.05) is 38.6 Å². The molecule has 0 saturated carbocycles. The number of amides is 1. The van der Waals surface area contributed by atoms with Crippen LogP contribution in [-0.4, -0.2) is 50.3 Å². The Kier molecular flexibility index (Phi) is 4.99. The smallest absolute Gasteiger partial charge is 0.256 e. The minimum absolute atomic E-state index is 0.00656. The molecule has 1 unspecified atom stereocenters. The summed E-state index contributed by atoms with van der Waals surface area (Å²) in [5.41, 5.74) is 3.78. The second-order valence-corrected chi connectivity index (χ2v) is 7.62. The third kappa shape index (κ3) is 3.69. The number of hydrogen-bond acceptors (Lipinski definition) is 4. The number of aromatic nitrogens is 3. The van der Waals surface area contributed by atoms with Gasteiger partial charge in [0.2, 0.25) is 0 Å². The van der Waals surface area contributed by atoms with Crippen molar-refractivity contribution in [3.8, 4) is 0 Å². The molecule has 30 heavy (non-hydrogen) atoms. The van der Waals surface area contributed by atoms with Crippen molar-refractivity contribution in [1.29, 1.82) is 0 Å². The van der Waals surface area contributed by atoms with E-state index in [9.17, 15) is 4.79 Å². The van der Waals surface area contributed by atoms with E-state index in [0.29, 0.717) is 12.1 Å². The van der Waals surface area contributed by atoms with Gasteiger partial charge >= 0.3 is 0 Å². The molecule has 3 heterocycles. The van der Waals surface area contributed by atoms with Crippen molar-refractivity contribution in [2.24, 2.45) is 0 Å². The third-order valence-electron chi connectivity index (χ3n) is 5.61. The SMILES string of the molecule is O=C(c1cccnc1)N1CCN(Cc2ccccc2)CC1c1nc2ccccc2[nH]1. The fourth-order valence-electron chi connectivity index (χ4n) is 4.09. The van der Waals surface area contributed by atoms with Crippen LogP contribution in [0.3, 0.4) is 0 Å². The summed E-state index contributed by atoms with van der Waals surface area (Å²) in [7, 11) is 0. The molecule has 0 aliphatic carbocycles. The Hall–Kier alpha value is -3.51. The number of nitrogens with zero attached hydrogens (tertiary/aromatic N) is 4. The molecule has 0 bridgehead atoms. The first kappa shape index (κ1) is 18.5. The number of hydrogen-bond donors (Lipinski definition) is 1. The van der Waals surface area contributed by atoms with Gasteiger partial charge in [-0.2, -0.15) is 0 Å². The Morgan fingerprint density at radius 2 is 1.83 bits per heavy atom. The van der Waals surface area contributed by atoms with Crippen molar-refractivity contribution in [2.45, 2.75) is 12.6 Å². The molecule has 0 spiro atoms. The van der Waals surface area contributed by atoms with Gasteiger partial charge in [-0.1, -0.05) is 42.5 Å². The number of aromatic amines is 1. The predicted octanol–water partition coefficient (Wildman–Crippen LogP) is 3.66. The lowest BCUT2D eigenvalue weighted by Gasteiger charge is -2.40. The van der Waals surface area contributed by atoms with E-state index in [4.69, 9.17) is 4.98 Å². The molecule has 1 aliphatic heterocycles. The average molecular weight is 397 g/mol. The average Bonchev–Trinajstić information content (AvgIpc) is 3.24. The highest BCUT2D eigenvalue weighted by atomic mass is 16.2. The lowest BCUT2D eigenvalue weighted by Crippen LogP contribution is -2.50. The van der Waals surface area contributed by atoms with Crippen LogP contribution in [0.15, 0.2) is 79.1 Å². The molecule has 1 aliphatic rings. The molecule has 6 nitrogen and oxygen atoms in total. The van der Waals surface area contributed by atoms with Crippen molar-refractivity contribution >= 4 is 16.9 Å². The fourth-order valence-corrected chi connectivity index (χ4v) is 4.09. The van der Waals surface area contributed by atoms with E-state index in [0.717, 1.165) is 36.5 Å². The summed E-state index contributed by atoms with van der Waals surface area (Å²) >= 11 is 0. The topological polar surface area (TPSA) is 65.1 Å². The van der Waals surface area contributed by atoms with Gasteiger partial charge in [0.15, 0.2) is 0 Å². The van der Waals surface area contributed by atoms with Gasteiger partial charge in [0.05, 0.1) is 16.6 Å². The number of carbonyl (C=O) groups excluding carboxylic acids is 1. The number of nitrogens with one attached hydrogen (secondary N) is 1. The number of rotatable bonds is 4. The Balaban J connectivity index is 1.46. The van der Waals surface area contributed by atoms with E-state index in [1.165, 1.54) is 5.56 Å². The van der Waals surface area contributed by atoms with Crippen LogP contribution in [0.2, 0.25) is 0 Å². The first-order valence-corrected chi connectivity index (χ1v) is 10.2. The number of imidazole rings is 1. The van der Waals surface area contributed by atoms with E-state index in [1.54, 1.807) is 18.5 Å². The highest BCUT2D eigenvalue weighted by Gasteiger charge is 2.34. The van der Waals surface area contributed by atoms with E-state index in [1.807, 2.05) is 41.3 Å². The minimum atomic E-state index is -0.150. The molecule has 6 heteroatoms. The fraction of sp³-hybridized carbons (Fsp3) is 0.208. The van der Waals surface area contributed by atoms with Crippen molar-refractivity contribution in [2.75, 3.05) is 19.6 Å². The maximum Gasteiger partial charge on any atom is 0.256 e. The first-order valence-electron chi connectivity index (χ1n) is 10.2. The number of para-hydroxylation sites is 2. The number of pyridine rings is 1. The quantitative estimate of drug-likeness (QED) is 0.571. The second kappa shape index (κ2) is 8.08. The first-order chi connectivity index (χ1) is 14.8. The summed E-state index contributed by atoms with van der Waals surface area (Å²) in [6, 6.07) is 21.9. The van der Waals surface area contributed by atoms with Crippen LogP contribution in [0, 0.1) is 0 Å². The van der Waals surface area contributed by atoms with Crippen LogP contribution in [0.1, 0.15) is 27.8 Å². The van der Waals surface area contributed by atoms with Gasteiger partial charge in [-0.3, -0.25) is 14.7 Å². The Morgan fingerprint density at radius 1 is 1.00 bits per heavy atom. The van der Waals surface area contributed by atoms with Crippen LogP contribution >= 0.6 is 0 Å². The van der Waals surface area contributed by atoms with Crippen molar-refractivity contribution in [3.63, 3.8) is 0 Å². The molecule has 0 radical (unpaired) electrons.